The van der Waals surface area contributed by atoms with Crippen LogP contribution >= 0.6 is 0 Å². The minimum atomic E-state index is -0.292. The van der Waals surface area contributed by atoms with E-state index in [1.807, 2.05) is 0 Å². The second kappa shape index (κ2) is 11.3. The van der Waals surface area contributed by atoms with Gasteiger partial charge in [-0.25, -0.2) is 4.79 Å². The second-order valence-electron chi connectivity index (χ2n) is 5.20. The molecule has 3 amide bonds. The van der Waals surface area contributed by atoms with Gasteiger partial charge >= 0.3 is 6.03 Å². The van der Waals surface area contributed by atoms with E-state index in [-0.39, 0.29) is 11.9 Å². The number of nitrogens with one attached hydrogen (secondary N) is 3. The zero-order valence-electron chi connectivity index (χ0n) is 13.4. The van der Waals surface area contributed by atoms with Crippen molar-refractivity contribution in [3.63, 3.8) is 0 Å². The summed E-state index contributed by atoms with van der Waals surface area (Å²) in [5, 5.41) is 8.15. The lowest BCUT2D eigenvalue weighted by Gasteiger charge is -2.08. The van der Waals surface area contributed by atoms with Gasteiger partial charge in [-0.3, -0.25) is 4.79 Å². The van der Waals surface area contributed by atoms with Gasteiger partial charge in [0.15, 0.2) is 0 Å². The maximum Gasteiger partial charge on any atom is 0.319 e. The van der Waals surface area contributed by atoms with Gasteiger partial charge in [0.1, 0.15) is 0 Å². The standard InChI is InChI=1S/C17H26N4O2/c1-2-13-19-17(23)21-15-10-8-14(9-11-15)20-16(22)7-5-3-4-6-12-18/h2,8-11H,1,3-7,12-13,18H2,(H,20,22)(H2,19,21,23). The van der Waals surface area contributed by atoms with Crippen molar-refractivity contribution in [1.29, 1.82) is 0 Å². The van der Waals surface area contributed by atoms with Gasteiger partial charge in [-0.05, 0) is 43.7 Å². The number of urea groups is 1. The first-order chi connectivity index (χ1) is 11.2. The summed E-state index contributed by atoms with van der Waals surface area (Å²) < 4.78 is 0. The molecule has 0 saturated carbocycles. The number of anilines is 2. The van der Waals surface area contributed by atoms with E-state index in [4.69, 9.17) is 5.73 Å². The van der Waals surface area contributed by atoms with Gasteiger partial charge in [-0.2, -0.15) is 0 Å². The Balaban J connectivity index is 2.31. The van der Waals surface area contributed by atoms with E-state index in [1.165, 1.54) is 0 Å². The summed E-state index contributed by atoms with van der Waals surface area (Å²) in [6.07, 6.45) is 6.08. The number of amides is 3. The zero-order chi connectivity index (χ0) is 16.9. The Kier molecular flexibility index (Phi) is 9.16. The number of carbonyl (C=O) groups is 2. The summed E-state index contributed by atoms with van der Waals surface area (Å²) in [6.45, 7) is 4.64. The SMILES string of the molecule is C=CCNC(=O)Nc1ccc(NC(=O)CCCCCCN)cc1. The molecule has 1 aromatic rings. The van der Waals surface area contributed by atoms with E-state index in [9.17, 15) is 9.59 Å². The molecule has 0 unspecified atom stereocenters. The zero-order valence-corrected chi connectivity index (χ0v) is 13.4. The molecule has 23 heavy (non-hydrogen) atoms. The first kappa shape index (κ1) is 18.7. The summed E-state index contributed by atoms with van der Waals surface area (Å²) in [7, 11) is 0. The second-order valence-corrected chi connectivity index (χ2v) is 5.20. The quantitative estimate of drug-likeness (QED) is 0.394. The van der Waals surface area contributed by atoms with Crippen LogP contribution in [0.3, 0.4) is 0 Å². The number of benzene rings is 1. The first-order valence-electron chi connectivity index (χ1n) is 7.91. The number of nitrogens with two attached hydrogens (primary N) is 1. The van der Waals surface area contributed by atoms with Gasteiger partial charge in [-0.1, -0.05) is 18.9 Å². The van der Waals surface area contributed by atoms with Crippen molar-refractivity contribution in [3.05, 3.63) is 36.9 Å². The topological polar surface area (TPSA) is 96.2 Å². The monoisotopic (exact) mass is 318 g/mol. The molecule has 0 fully saturated rings. The molecule has 0 atom stereocenters. The van der Waals surface area contributed by atoms with Crippen LogP contribution in [0.4, 0.5) is 16.2 Å². The number of carbonyl (C=O) groups excluding carboxylic acids is 2. The van der Waals surface area contributed by atoms with Gasteiger partial charge in [0.25, 0.3) is 0 Å². The Morgan fingerprint density at radius 2 is 1.61 bits per heavy atom. The Hall–Kier alpha value is -2.34. The van der Waals surface area contributed by atoms with Crippen LogP contribution in [0.25, 0.3) is 0 Å². The van der Waals surface area contributed by atoms with Crippen LogP contribution in [0.5, 0.6) is 0 Å². The molecule has 1 rings (SSSR count). The van der Waals surface area contributed by atoms with Gasteiger partial charge in [0.05, 0.1) is 0 Å². The third-order valence-corrected chi connectivity index (χ3v) is 3.19. The molecule has 0 bridgehead atoms. The van der Waals surface area contributed by atoms with Gasteiger partial charge in [-0.15, -0.1) is 6.58 Å². The molecule has 0 saturated heterocycles. The highest BCUT2D eigenvalue weighted by molar-refractivity contribution is 5.92. The van der Waals surface area contributed by atoms with Crippen molar-refractivity contribution >= 4 is 23.3 Å². The first-order valence-corrected chi connectivity index (χ1v) is 7.91. The van der Waals surface area contributed by atoms with E-state index in [0.717, 1.165) is 25.7 Å². The van der Waals surface area contributed by atoms with Gasteiger partial charge in [0.2, 0.25) is 5.91 Å². The Morgan fingerprint density at radius 1 is 1.00 bits per heavy atom. The summed E-state index contributed by atoms with van der Waals surface area (Å²) in [5.74, 6) is 0.00202. The third kappa shape index (κ3) is 8.63. The molecule has 0 heterocycles. The van der Waals surface area contributed by atoms with Crippen molar-refractivity contribution in [1.82, 2.24) is 5.32 Å². The van der Waals surface area contributed by atoms with E-state index in [0.29, 0.717) is 30.9 Å². The largest absolute Gasteiger partial charge is 0.334 e. The minimum Gasteiger partial charge on any atom is -0.334 e. The van der Waals surface area contributed by atoms with Crippen LogP contribution in [0, 0.1) is 0 Å². The third-order valence-electron chi connectivity index (χ3n) is 3.19. The highest BCUT2D eigenvalue weighted by atomic mass is 16.2. The summed E-state index contributed by atoms with van der Waals surface area (Å²) in [4.78, 5) is 23.3. The maximum absolute atomic E-state index is 11.8. The molecule has 0 aromatic heterocycles. The number of rotatable bonds is 10. The fraction of sp³-hybridized carbons (Fsp3) is 0.412. The smallest absolute Gasteiger partial charge is 0.319 e. The van der Waals surface area contributed by atoms with E-state index in [1.54, 1.807) is 30.3 Å². The molecule has 0 aliphatic carbocycles. The average molecular weight is 318 g/mol. The fourth-order valence-corrected chi connectivity index (χ4v) is 1.98. The molecule has 1 aromatic carbocycles. The minimum absolute atomic E-state index is 0.00202. The van der Waals surface area contributed by atoms with Crippen LogP contribution in [-0.4, -0.2) is 25.0 Å². The van der Waals surface area contributed by atoms with Crippen molar-refractivity contribution in [2.24, 2.45) is 5.73 Å². The van der Waals surface area contributed by atoms with Crippen molar-refractivity contribution in [3.8, 4) is 0 Å². The molecular weight excluding hydrogens is 292 g/mol. The number of hydrogen-bond acceptors (Lipinski definition) is 3. The predicted octanol–water partition coefficient (Wildman–Crippen LogP) is 2.84. The van der Waals surface area contributed by atoms with Crippen LogP contribution < -0.4 is 21.7 Å². The van der Waals surface area contributed by atoms with Crippen LogP contribution in [0.15, 0.2) is 36.9 Å². The number of hydrogen-bond donors (Lipinski definition) is 4. The van der Waals surface area contributed by atoms with Crippen LogP contribution in [0.2, 0.25) is 0 Å². The maximum atomic E-state index is 11.8. The normalized spacial score (nSPS) is 9.96. The van der Waals surface area contributed by atoms with Gasteiger partial charge in [0, 0.05) is 24.3 Å². The van der Waals surface area contributed by atoms with E-state index in [2.05, 4.69) is 22.5 Å². The summed E-state index contributed by atoms with van der Waals surface area (Å²) >= 11 is 0. The Labute approximate surface area is 137 Å². The Bertz CT molecular complexity index is 500. The lowest BCUT2D eigenvalue weighted by atomic mass is 10.1. The van der Waals surface area contributed by atoms with Crippen molar-refractivity contribution in [2.75, 3.05) is 23.7 Å². The lowest BCUT2D eigenvalue weighted by Crippen LogP contribution is -2.28. The van der Waals surface area contributed by atoms with Crippen LogP contribution in [0.1, 0.15) is 32.1 Å². The molecule has 5 N–H and O–H groups in total. The Morgan fingerprint density at radius 3 is 2.22 bits per heavy atom. The fourth-order valence-electron chi connectivity index (χ4n) is 1.98. The number of unbranched alkanes of at least 4 members (excludes halogenated alkanes) is 3. The molecule has 0 aliphatic heterocycles. The molecule has 0 spiro atoms. The average Bonchev–Trinajstić information content (AvgIpc) is 2.54. The molecule has 0 aliphatic rings. The highest BCUT2D eigenvalue weighted by Crippen LogP contribution is 2.14. The predicted molar refractivity (Wildman–Crippen MR) is 94.4 cm³/mol. The van der Waals surface area contributed by atoms with Crippen molar-refractivity contribution in [2.45, 2.75) is 32.1 Å². The molecule has 126 valence electrons. The molecular formula is C17H26N4O2. The highest BCUT2D eigenvalue weighted by Gasteiger charge is 2.03. The summed E-state index contributed by atoms with van der Waals surface area (Å²) in [6, 6.07) is 6.71. The molecule has 6 nitrogen and oxygen atoms in total. The molecule has 0 radical (unpaired) electrons. The summed E-state index contributed by atoms with van der Waals surface area (Å²) in [5.41, 5.74) is 6.80. The molecule has 6 heteroatoms. The van der Waals surface area contributed by atoms with Gasteiger partial charge < -0.3 is 21.7 Å². The van der Waals surface area contributed by atoms with Crippen molar-refractivity contribution < 1.29 is 9.59 Å². The van der Waals surface area contributed by atoms with Crippen LogP contribution in [-0.2, 0) is 4.79 Å². The van der Waals surface area contributed by atoms with E-state index >= 15 is 0 Å². The lowest BCUT2D eigenvalue weighted by molar-refractivity contribution is -0.116. The van der Waals surface area contributed by atoms with E-state index < -0.39 is 0 Å².